The van der Waals surface area contributed by atoms with Crippen LogP contribution in [0.15, 0.2) is 46.9 Å². The first-order chi connectivity index (χ1) is 9.08. The van der Waals surface area contributed by atoms with E-state index in [0.29, 0.717) is 15.2 Å². The monoisotopic (exact) mass is 341 g/mol. The van der Waals surface area contributed by atoms with Crippen molar-refractivity contribution in [2.75, 3.05) is 0 Å². The molecule has 0 aliphatic heterocycles. The quantitative estimate of drug-likeness (QED) is 0.603. The van der Waals surface area contributed by atoms with Crippen LogP contribution in [0.4, 0.5) is 5.69 Å². The molecule has 98 valence electrons. The number of hydrogen-bond acceptors (Lipinski definition) is 3. The molecular weight excluding hydrogens is 334 g/mol. The van der Waals surface area contributed by atoms with Gasteiger partial charge in [-0.15, -0.1) is 0 Å². The van der Waals surface area contributed by atoms with E-state index in [1.54, 1.807) is 18.2 Å². The molecule has 0 spiro atoms. The molecule has 0 unspecified atom stereocenters. The molecule has 0 N–H and O–H groups in total. The van der Waals surface area contributed by atoms with Gasteiger partial charge in [0.1, 0.15) is 12.4 Å². The van der Waals surface area contributed by atoms with Crippen molar-refractivity contribution in [1.82, 2.24) is 0 Å². The number of hydrogen-bond donors (Lipinski definition) is 0. The maximum absolute atomic E-state index is 10.6. The Balaban J connectivity index is 2.12. The largest absolute Gasteiger partial charge is 0.487 e. The van der Waals surface area contributed by atoms with Crippen molar-refractivity contribution in [2.45, 2.75) is 6.61 Å². The molecule has 19 heavy (non-hydrogen) atoms. The molecule has 2 aromatic rings. The summed E-state index contributed by atoms with van der Waals surface area (Å²) in [4.78, 5) is 10.2. The van der Waals surface area contributed by atoms with E-state index in [0.717, 1.165) is 5.56 Å². The molecule has 0 atom stereocenters. The van der Waals surface area contributed by atoms with Crippen LogP contribution in [0.2, 0.25) is 5.02 Å². The first kappa shape index (κ1) is 13.8. The van der Waals surface area contributed by atoms with Crippen molar-refractivity contribution in [3.8, 4) is 5.75 Å². The van der Waals surface area contributed by atoms with E-state index in [1.807, 2.05) is 12.1 Å². The fraction of sp³-hybridized carbons (Fsp3) is 0.0769. The Labute approximate surface area is 123 Å². The first-order valence-electron chi connectivity index (χ1n) is 5.38. The summed E-state index contributed by atoms with van der Waals surface area (Å²) >= 11 is 9.26. The van der Waals surface area contributed by atoms with Gasteiger partial charge in [0.15, 0.2) is 0 Å². The summed E-state index contributed by atoms with van der Waals surface area (Å²) in [5.41, 5.74) is 0.846. The predicted molar refractivity (Wildman–Crippen MR) is 76.6 cm³/mol. The minimum Gasteiger partial charge on any atom is -0.487 e. The minimum absolute atomic E-state index is 0.0355. The molecule has 0 saturated heterocycles. The van der Waals surface area contributed by atoms with Crippen LogP contribution in [0.25, 0.3) is 0 Å². The van der Waals surface area contributed by atoms with Gasteiger partial charge in [-0.25, -0.2) is 0 Å². The van der Waals surface area contributed by atoms with Crippen molar-refractivity contribution >= 4 is 33.2 Å². The molecule has 0 fully saturated rings. The molecule has 6 heteroatoms. The normalized spacial score (nSPS) is 10.2. The second-order valence-corrected chi connectivity index (χ2v) is 5.01. The molecule has 2 aromatic carbocycles. The molecule has 2 rings (SSSR count). The van der Waals surface area contributed by atoms with Gasteiger partial charge in [-0.1, -0.05) is 39.7 Å². The highest BCUT2D eigenvalue weighted by Gasteiger charge is 2.10. The summed E-state index contributed by atoms with van der Waals surface area (Å²) in [5, 5.41) is 11.2. The summed E-state index contributed by atoms with van der Waals surface area (Å²) in [6.45, 7) is 0.280. The molecule has 0 aliphatic carbocycles. The van der Waals surface area contributed by atoms with Crippen LogP contribution in [0.1, 0.15) is 5.56 Å². The highest BCUT2D eigenvalue weighted by molar-refractivity contribution is 9.10. The van der Waals surface area contributed by atoms with Gasteiger partial charge in [-0.3, -0.25) is 10.1 Å². The fourth-order valence-corrected chi connectivity index (χ4v) is 2.16. The number of halogens is 2. The Morgan fingerprint density at radius 3 is 2.63 bits per heavy atom. The highest BCUT2D eigenvalue weighted by Crippen LogP contribution is 2.27. The zero-order valence-electron chi connectivity index (χ0n) is 9.68. The average molecular weight is 343 g/mol. The second-order valence-electron chi connectivity index (χ2n) is 3.75. The van der Waals surface area contributed by atoms with Crippen LogP contribution >= 0.6 is 27.5 Å². The number of ether oxygens (including phenoxy) is 1. The lowest BCUT2D eigenvalue weighted by molar-refractivity contribution is -0.384. The fourth-order valence-electron chi connectivity index (χ4n) is 1.48. The van der Waals surface area contributed by atoms with Crippen molar-refractivity contribution < 1.29 is 9.66 Å². The van der Waals surface area contributed by atoms with Crippen molar-refractivity contribution in [3.63, 3.8) is 0 Å². The number of nitro benzene ring substituents is 1. The number of nitro groups is 1. The topological polar surface area (TPSA) is 52.4 Å². The van der Waals surface area contributed by atoms with Crippen molar-refractivity contribution in [2.24, 2.45) is 0 Å². The van der Waals surface area contributed by atoms with E-state index in [1.165, 1.54) is 12.1 Å². The maximum Gasteiger partial charge on any atom is 0.270 e. The number of benzene rings is 2. The van der Waals surface area contributed by atoms with E-state index in [-0.39, 0.29) is 12.3 Å². The highest BCUT2D eigenvalue weighted by atomic mass is 79.9. The van der Waals surface area contributed by atoms with Gasteiger partial charge in [0.05, 0.1) is 9.95 Å². The molecule has 0 bridgehead atoms. The average Bonchev–Trinajstić information content (AvgIpc) is 2.39. The zero-order chi connectivity index (χ0) is 13.8. The van der Waals surface area contributed by atoms with Gasteiger partial charge in [0.2, 0.25) is 0 Å². The SMILES string of the molecule is O=[N+]([O-])c1ccc(COc2ccccc2Cl)c(Br)c1. The van der Waals surface area contributed by atoms with E-state index in [9.17, 15) is 10.1 Å². The number of nitrogens with zero attached hydrogens (tertiary/aromatic N) is 1. The second kappa shape index (κ2) is 6.04. The summed E-state index contributed by atoms with van der Waals surface area (Å²) in [6, 6.07) is 11.7. The van der Waals surface area contributed by atoms with E-state index in [4.69, 9.17) is 16.3 Å². The van der Waals surface area contributed by atoms with Crippen molar-refractivity contribution in [1.29, 1.82) is 0 Å². The smallest absolute Gasteiger partial charge is 0.270 e. The van der Waals surface area contributed by atoms with E-state index < -0.39 is 4.92 Å². The lowest BCUT2D eigenvalue weighted by Gasteiger charge is -2.09. The lowest BCUT2D eigenvalue weighted by Crippen LogP contribution is -1.98. The summed E-state index contributed by atoms with van der Waals surface area (Å²) in [7, 11) is 0. The molecule has 4 nitrogen and oxygen atoms in total. The lowest BCUT2D eigenvalue weighted by atomic mass is 10.2. The molecular formula is C13H9BrClNO3. The Kier molecular flexibility index (Phi) is 4.39. The van der Waals surface area contributed by atoms with Gasteiger partial charge >= 0.3 is 0 Å². The number of rotatable bonds is 4. The molecule has 0 heterocycles. The van der Waals surface area contributed by atoms with Crippen LogP contribution in [0.3, 0.4) is 0 Å². The molecule has 0 radical (unpaired) electrons. The maximum atomic E-state index is 10.6. The third-order valence-electron chi connectivity index (χ3n) is 2.47. The third-order valence-corrected chi connectivity index (χ3v) is 3.52. The Morgan fingerprint density at radius 2 is 2.00 bits per heavy atom. The van der Waals surface area contributed by atoms with E-state index >= 15 is 0 Å². The molecule has 0 amide bonds. The third kappa shape index (κ3) is 3.45. The Bertz CT molecular complexity index is 619. The van der Waals surface area contributed by atoms with Gasteiger partial charge in [0, 0.05) is 22.2 Å². The van der Waals surface area contributed by atoms with Crippen molar-refractivity contribution in [3.05, 3.63) is 67.6 Å². The van der Waals surface area contributed by atoms with Crippen LogP contribution in [0.5, 0.6) is 5.75 Å². The van der Waals surface area contributed by atoms with Gasteiger partial charge in [0.25, 0.3) is 5.69 Å². The Morgan fingerprint density at radius 1 is 1.26 bits per heavy atom. The standard InChI is InChI=1S/C13H9BrClNO3/c14-11-7-10(16(17)18)6-5-9(11)8-19-13-4-2-1-3-12(13)15/h1-7H,8H2. The summed E-state index contributed by atoms with van der Waals surface area (Å²) in [5.74, 6) is 0.578. The van der Waals surface area contributed by atoms with Crippen LogP contribution < -0.4 is 4.74 Å². The first-order valence-corrected chi connectivity index (χ1v) is 6.55. The summed E-state index contributed by atoms with van der Waals surface area (Å²) < 4.78 is 6.21. The van der Waals surface area contributed by atoms with Crippen LogP contribution in [0, 0.1) is 10.1 Å². The van der Waals surface area contributed by atoms with Crippen LogP contribution in [-0.2, 0) is 6.61 Å². The number of non-ortho nitro benzene ring substituents is 1. The van der Waals surface area contributed by atoms with Gasteiger partial charge in [-0.2, -0.15) is 0 Å². The predicted octanol–water partition coefficient (Wildman–Crippen LogP) is 4.59. The van der Waals surface area contributed by atoms with Gasteiger partial charge in [-0.05, 0) is 18.2 Å². The van der Waals surface area contributed by atoms with Crippen LogP contribution in [-0.4, -0.2) is 4.92 Å². The molecule has 0 aliphatic rings. The van der Waals surface area contributed by atoms with E-state index in [2.05, 4.69) is 15.9 Å². The summed E-state index contributed by atoms with van der Waals surface area (Å²) in [6.07, 6.45) is 0. The Hall–Kier alpha value is -1.59. The van der Waals surface area contributed by atoms with Gasteiger partial charge < -0.3 is 4.74 Å². The zero-order valence-corrected chi connectivity index (χ0v) is 12.0. The number of para-hydroxylation sites is 1. The molecule has 0 saturated carbocycles. The molecule has 0 aromatic heterocycles. The minimum atomic E-state index is -0.441.